The summed E-state index contributed by atoms with van der Waals surface area (Å²) in [6.07, 6.45) is 1.70. The number of anilines is 1. The number of benzene rings is 2. The molecule has 2 aromatic carbocycles. The van der Waals surface area contributed by atoms with Gasteiger partial charge in [0.15, 0.2) is 6.61 Å². The molecule has 1 unspecified atom stereocenters. The Morgan fingerprint density at radius 1 is 1.19 bits per heavy atom. The van der Waals surface area contributed by atoms with E-state index in [4.69, 9.17) is 13.9 Å². The molecule has 0 aliphatic carbocycles. The van der Waals surface area contributed by atoms with Gasteiger partial charge in [-0.15, -0.1) is 10.2 Å². The molecule has 0 spiro atoms. The van der Waals surface area contributed by atoms with Crippen LogP contribution in [0.2, 0.25) is 0 Å². The number of rotatable bonds is 6. The third-order valence-electron chi connectivity index (χ3n) is 4.96. The zero-order chi connectivity index (χ0) is 22.2. The summed E-state index contributed by atoms with van der Waals surface area (Å²) in [7, 11) is -1.81. The van der Waals surface area contributed by atoms with Crippen molar-refractivity contribution >= 4 is 21.7 Å². The lowest BCUT2D eigenvalue weighted by molar-refractivity contribution is 0.0438. The zero-order valence-electron chi connectivity index (χ0n) is 17.2. The van der Waals surface area contributed by atoms with Crippen molar-refractivity contribution in [3.8, 4) is 17.2 Å². The summed E-state index contributed by atoms with van der Waals surface area (Å²) >= 11 is 0. The third kappa shape index (κ3) is 4.24. The molecule has 0 amide bonds. The predicted octanol–water partition coefficient (Wildman–Crippen LogP) is 2.81. The van der Waals surface area contributed by atoms with E-state index in [1.165, 1.54) is 10.6 Å². The number of esters is 1. The van der Waals surface area contributed by atoms with Crippen molar-refractivity contribution in [2.24, 2.45) is 0 Å². The number of sulfonamides is 1. The molecule has 3 aromatic rings. The Hall–Kier alpha value is -3.40. The smallest absolute Gasteiger partial charge is 0.338 e. The van der Waals surface area contributed by atoms with Gasteiger partial charge in [-0.2, -0.15) is 0 Å². The van der Waals surface area contributed by atoms with Gasteiger partial charge in [0.1, 0.15) is 5.75 Å². The Morgan fingerprint density at radius 3 is 2.61 bits per heavy atom. The van der Waals surface area contributed by atoms with Crippen molar-refractivity contribution in [3.05, 3.63) is 59.5 Å². The largest absolute Gasteiger partial charge is 0.497 e. The normalized spacial score (nSPS) is 15.6. The van der Waals surface area contributed by atoms with Crippen LogP contribution in [0.3, 0.4) is 0 Å². The van der Waals surface area contributed by atoms with Crippen LogP contribution in [0.4, 0.5) is 5.69 Å². The molecule has 31 heavy (non-hydrogen) atoms. The fourth-order valence-electron chi connectivity index (χ4n) is 3.61. The number of aromatic nitrogens is 2. The average Bonchev–Trinajstić information content (AvgIpc) is 3.34. The minimum atomic E-state index is -3.39. The molecule has 0 radical (unpaired) electrons. The number of methoxy groups -OCH3 is 1. The molecule has 2 heterocycles. The monoisotopic (exact) mass is 443 g/mol. The number of hydrogen-bond donors (Lipinski definition) is 0. The highest BCUT2D eigenvalue weighted by molar-refractivity contribution is 7.92. The van der Waals surface area contributed by atoms with E-state index in [1.807, 2.05) is 6.92 Å². The van der Waals surface area contributed by atoms with E-state index in [0.29, 0.717) is 34.9 Å². The van der Waals surface area contributed by atoms with Crippen LogP contribution in [0.5, 0.6) is 5.75 Å². The summed E-state index contributed by atoms with van der Waals surface area (Å²) in [5.41, 5.74) is 2.42. The number of fused-ring (bicyclic) bond motifs is 1. The second-order valence-corrected chi connectivity index (χ2v) is 9.12. The fourth-order valence-corrected chi connectivity index (χ4v) is 4.87. The third-order valence-corrected chi connectivity index (χ3v) is 6.23. The summed E-state index contributed by atoms with van der Waals surface area (Å²) < 4.78 is 41.4. The summed E-state index contributed by atoms with van der Waals surface area (Å²) in [4.78, 5) is 12.5. The quantitative estimate of drug-likeness (QED) is 0.535. The van der Waals surface area contributed by atoms with Crippen LogP contribution >= 0.6 is 0 Å². The number of carbonyl (C=O) groups is 1. The molecule has 0 fully saturated rings. The molecule has 1 aliphatic rings. The fraction of sp³-hybridized carbons (Fsp3) is 0.286. The predicted molar refractivity (Wildman–Crippen MR) is 112 cm³/mol. The second-order valence-electron chi connectivity index (χ2n) is 7.26. The highest BCUT2D eigenvalue weighted by Crippen LogP contribution is 2.34. The van der Waals surface area contributed by atoms with Crippen molar-refractivity contribution < 1.29 is 27.1 Å². The van der Waals surface area contributed by atoms with Gasteiger partial charge in [-0.25, -0.2) is 13.2 Å². The van der Waals surface area contributed by atoms with E-state index < -0.39 is 16.0 Å². The van der Waals surface area contributed by atoms with E-state index in [9.17, 15) is 13.2 Å². The molecule has 0 saturated heterocycles. The molecule has 1 aromatic heterocycles. The molecule has 1 aliphatic heterocycles. The van der Waals surface area contributed by atoms with Gasteiger partial charge in [0.05, 0.1) is 24.6 Å². The van der Waals surface area contributed by atoms with Gasteiger partial charge in [0, 0.05) is 11.6 Å². The molecule has 9 nitrogen and oxygen atoms in total. The van der Waals surface area contributed by atoms with E-state index >= 15 is 0 Å². The number of nitrogens with zero attached hydrogens (tertiary/aromatic N) is 3. The molecule has 0 saturated carbocycles. The Bertz CT molecular complexity index is 1220. The Balaban J connectivity index is 1.43. The van der Waals surface area contributed by atoms with Crippen LogP contribution in [0.1, 0.15) is 28.7 Å². The molecule has 0 bridgehead atoms. The minimum absolute atomic E-state index is 0.164. The van der Waals surface area contributed by atoms with Gasteiger partial charge in [0.2, 0.25) is 15.9 Å². The molecular weight excluding hydrogens is 422 g/mol. The lowest BCUT2D eigenvalue weighted by Crippen LogP contribution is -2.34. The molecule has 162 valence electrons. The first-order valence-corrected chi connectivity index (χ1v) is 11.4. The van der Waals surface area contributed by atoms with Crippen LogP contribution in [-0.4, -0.2) is 44.0 Å². The first-order valence-electron chi connectivity index (χ1n) is 9.52. The summed E-state index contributed by atoms with van der Waals surface area (Å²) in [6.45, 7) is 1.65. The van der Waals surface area contributed by atoms with Gasteiger partial charge in [-0.05, 0) is 61.4 Å². The Kier molecular flexibility index (Phi) is 5.40. The number of ether oxygens (including phenoxy) is 2. The van der Waals surface area contributed by atoms with Crippen LogP contribution < -0.4 is 9.04 Å². The van der Waals surface area contributed by atoms with Gasteiger partial charge in [-0.1, -0.05) is 0 Å². The molecule has 10 heteroatoms. The molecule has 0 N–H and O–H groups in total. The van der Waals surface area contributed by atoms with Gasteiger partial charge < -0.3 is 13.9 Å². The van der Waals surface area contributed by atoms with Crippen LogP contribution in [0.25, 0.3) is 11.5 Å². The molecule has 4 rings (SSSR count). The molecular formula is C21H21N3O6S. The van der Waals surface area contributed by atoms with E-state index in [0.717, 1.165) is 5.56 Å². The maximum atomic E-state index is 12.5. The number of hydrogen-bond acceptors (Lipinski definition) is 8. The van der Waals surface area contributed by atoms with Crippen LogP contribution in [-0.2, 0) is 27.8 Å². The van der Waals surface area contributed by atoms with Crippen molar-refractivity contribution in [1.82, 2.24) is 10.2 Å². The van der Waals surface area contributed by atoms with E-state index in [-0.39, 0.29) is 18.5 Å². The maximum Gasteiger partial charge on any atom is 0.338 e. The van der Waals surface area contributed by atoms with Crippen molar-refractivity contribution in [2.75, 3.05) is 17.7 Å². The zero-order valence-corrected chi connectivity index (χ0v) is 18.0. The van der Waals surface area contributed by atoms with Crippen molar-refractivity contribution in [3.63, 3.8) is 0 Å². The van der Waals surface area contributed by atoms with Gasteiger partial charge in [-0.3, -0.25) is 4.31 Å². The van der Waals surface area contributed by atoms with Gasteiger partial charge in [0.25, 0.3) is 5.89 Å². The maximum absolute atomic E-state index is 12.5. The van der Waals surface area contributed by atoms with Gasteiger partial charge >= 0.3 is 5.97 Å². The highest BCUT2D eigenvalue weighted by atomic mass is 32.2. The Morgan fingerprint density at radius 2 is 1.94 bits per heavy atom. The topological polar surface area (TPSA) is 112 Å². The highest BCUT2D eigenvalue weighted by Gasteiger charge is 2.33. The van der Waals surface area contributed by atoms with Crippen LogP contribution in [0.15, 0.2) is 46.9 Å². The van der Waals surface area contributed by atoms with Crippen molar-refractivity contribution in [2.45, 2.75) is 26.0 Å². The SMILES string of the molecule is COc1ccc(-c2nnc(COC(=O)c3ccc4c(c3)CC(C)N4S(C)(=O)=O)o2)cc1. The second kappa shape index (κ2) is 8.03. The summed E-state index contributed by atoms with van der Waals surface area (Å²) in [6, 6.07) is 11.8. The lowest BCUT2D eigenvalue weighted by Gasteiger charge is -2.21. The lowest BCUT2D eigenvalue weighted by atomic mass is 10.1. The van der Waals surface area contributed by atoms with E-state index in [2.05, 4.69) is 10.2 Å². The first kappa shape index (κ1) is 20.9. The standard InChI is InChI=1S/C21H21N3O6S/c1-13-10-16-11-15(6-9-18(16)24(13)31(3,26)27)21(25)29-12-19-22-23-20(30-19)14-4-7-17(28-2)8-5-14/h4-9,11,13H,10,12H2,1-3H3. The Labute approximate surface area is 179 Å². The average molecular weight is 443 g/mol. The molecule has 1 atom stereocenters. The van der Waals surface area contributed by atoms with Crippen LogP contribution in [0, 0.1) is 0 Å². The number of carbonyl (C=O) groups excluding carboxylic acids is 1. The summed E-state index contributed by atoms with van der Waals surface area (Å²) in [5, 5.41) is 7.88. The minimum Gasteiger partial charge on any atom is -0.497 e. The van der Waals surface area contributed by atoms with Crippen molar-refractivity contribution in [1.29, 1.82) is 0 Å². The van der Waals surface area contributed by atoms with E-state index in [1.54, 1.807) is 49.6 Å². The first-order chi connectivity index (χ1) is 14.8. The summed E-state index contributed by atoms with van der Waals surface area (Å²) in [5.74, 6) is 0.622.